The molecule has 0 spiro atoms. The van der Waals surface area contributed by atoms with E-state index in [0.29, 0.717) is 6.54 Å². The van der Waals surface area contributed by atoms with Crippen molar-refractivity contribution in [2.75, 3.05) is 13.2 Å². The predicted octanol–water partition coefficient (Wildman–Crippen LogP) is 0.983. The van der Waals surface area contributed by atoms with Crippen LogP contribution in [0.2, 0.25) is 0 Å². The van der Waals surface area contributed by atoms with Crippen LogP contribution in [0, 0.1) is 0 Å². The van der Waals surface area contributed by atoms with Crippen LogP contribution in [0.15, 0.2) is 18.3 Å². The quantitative estimate of drug-likeness (QED) is 0.666. The summed E-state index contributed by atoms with van der Waals surface area (Å²) in [5.74, 6) is 0. The molecule has 0 bridgehead atoms. The second-order valence-corrected chi connectivity index (χ2v) is 2.59. The highest BCUT2D eigenvalue weighted by Crippen LogP contribution is 2.00. The van der Waals surface area contributed by atoms with Gasteiger partial charge >= 0.3 is 0 Å². The normalized spacial score (nSPS) is 10.5. The third kappa shape index (κ3) is 2.36. The first-order valence-corrected chi connectivity index (χ1v) is 4.30. The first kappa shape index (κ1) is 9.29. The summed E-state index contributed by atoms with van der Waals surface area (Å²) in [6.07, 6.45) is 2.03. The molecule has 0 saturated carbocycles. The molecule has 3 heteroatoms. The molecule has 0 fully saturated rings. The van der Waals surface area contributed by atoms with Gasteiger partial charge in [0.2, 0.25) is 0 Å². The fourth-order valence-electron chi connectivity index (χ4n) is 1.16. The SMILES string of the molecule is CCOCCn1cccc1CN. The van der Waals surface area contributed by atoms with E-state index >= 15 is 0 Å². The van der Waals surface area contributed by atoms with Gasteiger partial charge in [0.1, 0.15) is 0 Å². The highest BCUT2D eigenvalue weighted by Gasteiger charge is 1.96. The Morgan fingerprint density at radius 3 is 3.08 bits per heavy atom. The van der Waals surface area contributed by atoms with E-state index < -0.39 is 0 Å². The Hall–Kier alpha value is -0.800. The predicted molar refractivity (Wildman–Crippen MR) is 48.8 cm³/mol. The Labute approximate surface area is 73.1 Å². The van der Waals surface area contributed by atoms with Crippen molar-refractivity contribution in [3.05, 3.63) is 24.0 Å². The van der Waals surface area contributed by atoms with Crippen molar-refractivity contribution >= 4 is 0 Å². The maximum Gasteiger partial charge on any atom is 0.0645 e. The van der Waals surface area contributed by atoms with E-state index in [2.05, 4.69) is 4.57 Å². The number of aromatic nitrogens is 1. The van der Waals surface area contributed by atoms with E-state index in [4.69, 9.17) is 10.5 Å². The fourth-order valence-corrected chi connectivity index (χ4v) is 1.16. The van der Waals surface area contributed by atoms with Gasteiger partial charge < -0.3 is 15.0 Å². The largest absolute Gasteiger partial charge is 0.380 e. The number of hydrogen-bond acceptors (Lipinski definition) is 2. The monoisotopic (exact) mass is 168 g/mol. The second kappa shape index (κ2) is 4.95. The maximum atomic E-state index is 5.54. The minimum Gasteiger partial charge on any atom is -0.380 e. The van der Waals surface area contributed by atoms with E-state index in [9.17, 15) is 0 Å². The van der Waals surface area contributed by atoms with Crippen LogP contribution in [0.1, 0.15) is 12.6 Å². The van der Waals surface area contributed by atoms with Crippen molar-refractivity contribution < 1.29 is 4.74 Å². The van der Waals surface area contributed by atoms with E-state index in [1.54, 1.807) is 0 Å². The van der Waals surface area contributed by atoms with Crippen molar-refractivity contribution in [2.45, 2.75) is 20.0 Å². The van der Waals surface area contributed by atoms with E-state index in [-0.39, 0.29) is 0 Å². The van der Waals surface area contributed by atoms with Gasteiger partial charge in [0.25, 0.3) is 0 Å². The molecule has 0 aromatic carbocycles. The molecule has 0 atom stereocenters. The van der Waals surface area contributed by atoms with Gasteiger partial charge in [0.05, 0.1) is 6.61 Å². The minimum atomic E-state index is 0.596. The van der Waals surface area contributed by atoms with Gasteiger partial charge in [-0.05, 0) is 19.1 Å². The van der Waals surface area contributed by atoms with Crippen molar-refractivity contribution in [2.24, 2.45) is 5.73 Å². The second-order valence-electron chi connectivity index (χ2n) is 2.59. The van der Waals surface area contributed by atoms with E-state index in [1.165, 1.54) is 0 Å². The zero-order valence-electron chi connectivity index (χ0n) is 7.49. The Bertz CT molecular complexity index is 220. The lowest BCUT2D eigenvalue weighted by Gasteiger charge is -2.06. The molecule has 0 aliphatic rings. The summed E-state index contributed by atoms with van der Waals surface area (Å²) >= 11 is 0. The number of ether oxygens (including phenoxy) is 1. The minimum absolute atomic E-state index is 0.596. The van der Waals surface area contributed by atoms with Crippen LogP contribution in [0.25, 0.3) is 0 Å². The molecule has 1 aromatic rings. The smallest absolute Gasteiger partial charge is 0.0645 e. The lowest BCUT2D eigenvalue weighted by Crippen LogP contribution is -2.10. The van der Waals surface area contributed by atoms with Gasteiger partial charge in [-0.3, -0.25) is 0 Å². The first-order chi connectivity index (χ1) is 5.88. The van der Waals surface area contributed by atoms with Gasteiger partial charge in [-0.1, -0.05) is 0 Å². The molecule has 1 heterocycles. The van der Waals surface area contributed by atoms with Crippen LogP contribution < -0.4 is 5.73 Å². The zero-order valence-corrected chi connectivity index (χ0v) is 7.49. The summed E-state index contributed by atoms with van der Waals surface area (Å²) in [5, 5.41) is 0. The highest BCUT2D eigenvalue weighted by atomic mass is 16.5. The lowest BCUT2D eigenvalue weighted by atomic mass is 10.4. The number of nitrogens with two attached hydrogens (primary N) is 1. The maximum absolute atomic E-state index is 5.54. The van der Waals surface area contributed by atoms with Crippen LogP contribution in [0.3, 0.4) is 0 Å². The molecule has 2 N–H and O–H groups in total. The number of rotatable bonds is 5. The molecule has 68 valence electrons. The summed E-state index contributed by atoms with van der Waals surface area (Å²) in [4.78, 5) is 0. The molecule has 0 aliphatic carbocycles. The standard InChI is InChI=1S/C9H16N2O/c1-2-12-7-6-11-5-3-4-9(11)8-10/h3-5H,2,6-8,10H2,1H3. The van der Waals surface area contributed by atoms with E-state index in [1.807, 2.05) is 25.3 Å². The molecular weight excluding hydrogens is 152 g/mol. The average molecular weight is 168 g/mol. The average Bonchev–Trinajstić information content (AvgIpc) is 2.52. The summed E-state index contributed by atoms with van der Waals surface area (Å²) in [5.41, 5.74) is 6.70. The Kier molecular flexibility index (Phi) is 3.84. The third-order valence-corrected chi connectivity index (χ3v) is 1.81. The molecule has 0 unspecified atom stereocenters. The fraction of sp³-hybridized carbons (Fsp3) is 0.556. The summed E-state index contributed by atoms with van der Waals surface area (Å²) in [7, 11) is 0. The molecule has 0 amide bonds. The highest BCUT2D eigenvalue weighted by molar-refractivity contribution is 5.06. The molecule has 0 radical (unpaired) electrons. The van der Waals surface area contributed by atoms with Crippen LogP contribution in [0.4, 0.5) is 0 Å². The Balaban J connectivity index is 2.39. The topological polar surface area (TPSA) is 40.2 Å². The summed E-state index contributed by atoms with van der Waals surface area (Å²) in [6.45, 7) is 5.03. The number of hydrogen-bond donors (Lipinski definition) is 1. The van der Waals surface area contributed by atoms with Crippen molar-refractivity contribution in [1.29, 1.82) is 0 Å². The van der Waals surface area contributed by atoms with Gasteiger partial charge in [0.15, 0.2) is 0 Å². The van der Waals surface area contributed by atoms with Gasteiger partial charge in [-0.25, -0.2) is 0 Å². The molecule has 1 rings (SSSR count). The third-order valence-electron chi connectivity index (χ3n) is 1.81. The molecule has 3 nitrogen and oxygen atoms in total. The Morgan fingerprint density at radius 2 is 2.42 bits per heavy atom. The molecule has 12 heavy (non-hydrogen) atoms. The van der Waals surface area contributed by atoms with Gasteiger partial charge in [-0.2, -0.15) is 0 Å². The van der Waals surface area contributed by atoms with Crippen molar-refractivity contribution in [3.63, 3.8) is 0 Å². The number of nitrogens with zero attached hydrogens (tertiary/aromatic N) is 1. The lowest BCUT2D eigenvalue weighted by molar-refractivity contribution is 0.138. The van der Waals surface area contributed by atoms with Gasteiger partial charge in [0, 0.05) is 31.6 Å². The molecular formula is C9H16N2O. The molecule has 0 saturated heterocycles. The van der Waals surface area contributed by atoms with Crippen LogP contribution in [-0.2, 0) is 17.8 Å². The van der Waals surface area contributed by atoms with Gasteiger partial charge in [-0.15, -0.1) is 0 Å². The summed E-state index contributed by atoms with van der Waals surface area (Å²) < 4.78 is 7.37. The molecule has 0 aliphatic heterocycles. The van der Waals surface area contributed by atoms with E-state index in [0.717, 1.165) is 25.5 Å². The Morgan fingerprint density at radius 1 is 1.58 bits per heavy atom. The molecule has 1 aromatic heterocycles. The van der Waals surface area contributed by atoms with Crippen molar-refractivity contribution in [1.82, 2.24) is 4.57 Å². The van der Waals surface area contributed by atoms with Crippen LogP contribution in [0.5, 0.6) is 0 Å². The van der Waals surface area contributed by atoms with Crippen LogP contribution >= 0.6 is 0 Å². The van der Waals surface area contributed by atoms with Crippen LogP contribution in [-0.4, -0.2) is 17.8 Å². The first-order valence-electron chi connectivity index (χ1n) is 4.30. The summed E-state index contributed by atoms with van der Waals surface area (Å²) in [6, 6.07) is 4.04. The van der Waals surface area contributed by atoms with Crippen molar-refractivity contribution in [3.8, 4) is 0 Å². The zero-order chi connectivity index (χ0) is 8.81.